The Balaban J connectivity index is 1.66. The van der Waals surface area contributed by atoms with Gasteiger partial charge in [0.25, 0.3) is 0 Å². The maximum Gasteiger partial charge on any atom is 0.247 e. The lowest BCUT2D eigenvalue weighted by molar-refractivity contribution is 0.509. The molecule has 3 aromatic heterocycles. The van der Waals surface area contributed by atoms with Gasteiger partial charge >= 0.3 is 0 Å². The molecule has 26 heavy (non-hydrogen) atoms. The van der Waals surface area contributed by atoms with Gasteiger partial charge in [-0.1, -0.05) is 30.0 Å². The van der Waals surface area contributed by atoms with E-state index in [1.54, 1.807) is 23.1 Å². The summed E-state index contributed by atoms with van der Waals surface area (Å²) in [5, 5.41) is 10.5. The van der Waals surface area contributed by atoms with Crippen molar-refractivity contribution < 1.29 is 4.42 Å². The molecule has 0 aliphatic heterocycles. The van der Waals surface area contributed by atoms with Crippen LogP contribution in [-0.4, -0.2) is 20.2 Å². The molecule has 1 unspecified atom stereocenters. The highest BCUT2D eigenvalue weighted by Crippen LogP contribution is 2.41. The van der Waals surface area contributed by atoms with Crippen molar-refractivity contribution in [1.82, 2.24) is 20.2 Å². The van der Waals surface area contributed by atoms with Gasteiger partial charge in [0.15, 0.2) is 0 Å². The zero-order valence-electron chi connectivity index (χ0n) is 15.0. The maximum atomic E-state index is 5.90. The fraction of sp³-hybridized carbons (Fsp3) is 0.263. The zero-order chi connectivity index (χ0) is 18.3. The van der Waals surface area contributed by atoms with Gasteiger partial charge in [0.1, 0.15) is 15.7 Å². The molecule has 0 spiro atoms. The Kier molecular flexibility index (Phi) is 4.50. The summed E-state index contributed by atoms with van der Waals surface area (Å²) in [6.45, 7) is 8.24. The van der Waals surface area contributed by atoms with Crippen molar-refractivity contribution in [3.8, 4) is 11.5 Å². The summed E-state index contributed by atoms with van der Waals surface area (Å²) in [4.78, 5) is 11.6. The molecule has 4 rings (SSSR count). The fourth-order valence-corrected chi connectivity index (χ4v) is 4.94. The van der Waals surface area contributed by atoms with E-state index in [0.717, 1.165) is 26.6 Å². The van der Waals surface area contributed by atoms with Crippen LogP contribution in [0.2, 0.25) is 0 Å². The van der Waals surface area contributed by atoms with Gasteiger partial charge in [-0.2, -0.15) is 0 Å². The normalized spacial score (nSPS) is 12.6. The number of aromatic nitrogens is 4. The molecule has 3 heterocycles. The van der Waals surface area contributed by atoms with Gasteiger partial charge in [0, 0.05) is 15.8 Å². The van der Waals surface area contributed by atoms with Crippen molar-refractivity contribution >= 4 is 33.3 Å². The van der Waals surface area contributed by atoms with Crippen molar-refractivity contribution in [1.29, 1.82) is 0 Å². The molecule has 0 amide bonds. The molecule has 4 aromatic rings. The molecular weight excluding hydrogens is 364 g/mol. The molecule has 132 valence electrons. The predicted molar refractivity (Wildman–Crippen MR) is 106 cm³/mol. The van der Waals surface area contributed by atoms with E-state index in [4.69, 9.17) is 4.42 Å². The van der Waals surface area contributed by atoms with E-state index in [1.807, 2.05) is 37.3 Å². The van der Waals surface area contributed by atoms with Crippen LogP contribution in [0.15, 0.2) is 39.8 Å². The number of hydrogen-bond donors (Lipinski definition) is 0. The highest BCUT2D eigenvalue weighted by atomic mass is 32.2. The summed E-state index contributed by atoms with van der Waals surface area (Å²) in [5.74, 6) is 1.92. The van der Waals surface area contributed by atoms with Gasteiger partial charge in [-0.3, -0.25) is 0 Å². The van der Waals surface area contributed by atoms with E-state index in [1.165, 1.54) is 10.4 Å². The molecule has 5 nitrogen and oxygen atoms in total. The second kappa shape index (κ2) is 6.81. The topological polar surface area (TPSA) is 64.7 Å². The Morgan fingerprint density at radius 1 is 1.04 bits per heavy atom. The van der Waals surface area contributed by atoms with E-state index in [9.17, 15) is 0 Å². The predicted octanol–water partition coefficient (Wildman–Crippen LogP) is 5.52. The summed E-state index contributed by atoms with van der Waals surface area (Å²) in [7, 11) is 0. The molecule has 0 saturated heterocycles. The first kappa shape index (κ1) is 17.2. The summed E-state index contributed by atoms with van der Waals surface area (Å²) in [5.41, 5.74) is 2.17. The number of nitrogens with zero attached hydrogens (tertiary/aromatic N) is 4. The molecule has 0 aliphatic rings. The Bertz CT molecular complexity index is 1070. The van der Waals surface area contributed by atoms with Crippen LogP contribution >= 0.6 is 23.1 Å². The SMILES string of the molecule is Cc1nc(SC(C)c2nnc(-c3ccccc3)o2)c2c(C)c(C)sc2n1. The number of thiophene rings is 1. The standard InChI is InChI=1S/C19H18N4OS2/c1-10-11(2)25-18-15(10)19(21-13(4)20-18)26-12(3)16-22-23-17(24-16)14-8-6-5-7-9-14/h5-9,12H,1-4H3. The van der Waals surface area contributed by atoms with E-state index >= 15 is 0 Å². The second-order valence-corrected chi connectivity index (χ2v) is 8.64. The molecule has 1 atom stereocenters. The summed E-state index contributed by atoms with van der Waals surface area (Å²) < 4.78 is 5.90. The average molecular weight is 383 g/mol. The average Bonchev–Trinajstić information content (AvgIpc) is 3.21. The van der Waals surface area contributed by atoms with Gasteiger partial charge in [0.05, 0.1) is 5.25 Å². The monoisotopic (exact) mass is 382 g/mol. The Labute approximate surface area is 159 Å². The lowest BCUT2D eigenvalue weighted by Gasteiger charge is -2.08. The molecule has 0 fully saturated rings. The molecule has 1 aromatic carbocycles. The first-order valence-electron chi connectivity index (χ1n) is 8.32. The third-order valence-electron chi connectivity index (χ3n) is 4.20. The van der Waals surface area contributed by atoms with Crippen molar-refractivity contribution in [3.63, 3.8) is 0 Å². The molecule has 0 N–H and O–H groups in total. The highest BCUT2D eigenvalue weighted by Gasteiger charge is 2.20. The Hall–Kier alpha value is -2.25. The molecular formula is C19H18N4OS2. The minimum absolute atomic E-state index is 0.00271. The van der Waals surface area contributed by atoms with Crippen molar-refractivity contribution in [3.05, 3.63) is 52.5 Å². The minimum atomic E-state index is -0.00271. The summed E-state index contributed by atoms with van der Waals surface area (Å²) in [6.07, 6.45) is 0. The molecule has 0 saturated carbocycles. The zero-order valence-corrected chi connectivity index (χ0v) is 16.6. The lowest BCUT2D eigenvalue weighted by atomic mass is 10.2. The number of thioether (sulfide) groups is 1. The van der Waals surface area contributed by atoms with E-state index in [-0.39, 0.29) is 5.25 Å². The number of fused-ring (bicyclic) bond motifs is 1. The smallest absolute Gasteiger partial charge is 0.247 e. The number of hydrogen-bond acceptors (Lipinski definition) is 7. The summed E-state index contributed by atoms with van der Waals surface area (Å²) in [6, 6.07) is 9.81. The molecule has 7 heteroatoms. The molecule has 0 aliphatic carbocycles. The van der Waals surface area contributed by atoms with Crippen LogP contribution in [0.5, 0.6) is 0 Å². The van der Waals surface area contributed by atoms with Gasteiger partial charge in [-0.25, -0.2) is 9.97 Å². The molecule has 0 bridgehead atoms. The van der Waals surface area contributed by atoms with Crippen molar-refractivity contribution in [2.45, 2.75) is 38.0 Å². The number of rotatable bonds is 4. The van der Waals surface area contributed by atoms with Crippen LogP contribution in [0.3, 0.4) is 0 Å². The Morgan fingerprint density at radius 2 is 1.81 bits per heavy atom. The van der Waals surface area contributed by atoms with Crippen LogP contribution in [0.4, 0.5) is 0 Å². The van der Waals surface area contributed by atoms with E-state index in [2.05, 4.69) is 40.9 Å². The van der Waals surface area contributed by atoms with Crippen LogP contribution in [0, 0.1) is 20.8 Å². The van der Waals surface area contributed by atoms with E-state index < -0.39 is 0 Å². The number of aryl methyl sites for hydroxylation is 3. The number of benzene rings is 1. The first-order valence-corrected chi connectivity index (χ1v) is 10.0. The van der Waals surface area contributed by atoms with Crippen molar-refractivity contribution in [2.24, 2.45) is 0 Å². The second-order valence-electron chi connectivity index (χ2n) is 6.11. The third kappa shape index (κ3) is 3.12. The van der Waals surface area contributed by atoms with Crippen LogP contribution in [0.1, 0.15) is 34.3 Å². The third-order valence-corrected chi connectivity index (χ3v) is 6.38. The van der Waals surface area contributed by atoms with Crippen LogP contribution in [-0.2, 0) is 0 Å². The van der Waals surface area contributed by atoms with Gasteiger partial charge < -0.3 is 4.42 Å². The fourth-order valence-electron chi connectivity index (χ4n) is 2.71. The lowest BCUT2D eigenvalue weighted by Crippen LogP contribution is -1.95. The van der Waals surface area contributed by atoms with Crippen molar-refractivity contribution in [2.75, 3.05) is 0 Å². The first-order chi connectivity index (χ1) is 12.5. The van der Waals surface area contributed by atoms with Gasteiger partial charge in [-0.15, -0.1) is 21.5 Å². The minimum Gasteiger partial charge on any atom is -0.419 e. The maximum absolute atomic E-state index is 5.90. The molecule has 0 radical (unpaired) electrons. The summed E-state index contributed by atoms with van der Waals surface area (Å²) >= 11 is 3.35. The van der Waals surface area contributed by atoms with Gasteiger partial charge in [-0.05, 0) is 45.4 Å². The Morgan fingerprint density at radius 3 is 2.58 bits per heavy atom. The van der Waals surface area contributed by atoms with Gasteiger partial charge in [0.2, 0.25) is 11.8 Å². The van der Waals surface area contributed by atoms with E-state index in [0.29, 0.717) is 11.8 Å². The largest absolute Gasteiger partial charge is 0.419 e. The van der Waals surface area contributed by atoms with Crippen LogP contribution < -0.4 is 0 Å². The highest BCUT2D eigenvalue weighted by molar-refractivity contribution is 7.99. The quantitative estimate of drug-likeness (QED) is 0.342. The van der Waals surface area contributed by atoms with Crippen LogP contribution in [0.25, 0.3) is 21.7 Å².